The van der Waals surface area contributed by atoms with Crippen LogP contribution in [0, 0.1) is 6.92 Å². The molecule has 0 bridgehead atoms. The lowest BCUT2D eigenvalue weighted by Crippen LogP contribution is -2.44. The van der Waals surface area contributed by atoms with Gasteiger partial charge in [0.2, 0.25) is 0 Å². The molecule has 0 saturated carbocycles. The van der Waals surface area contributed by atoms with Crippen LogP contribution in [0.5, 0.6) is 0 Å². The Bertz CT molecular complexity index is 565. The van der Waals surface area contributed by atoms with Crippen LogP contribution < -0.4 is 10.6 Å². The Hall–Kier alpha value is -1.08. The van der Waals surface area contributed by atoms with Gasteiger partial charge in [0.05, 0.1) is 5.75 Å². The number of thiophene rings is 1. The summed E-state index contributed by atoms with van der Waals surface area (Å²) in [5.41, 5.74) is 0. The molecule has 0 spiro atoms. The highest BCUT2D eigenvalue weighted by Crippen LogP contribution is 2.16. The van der Waals surface area contributed by atoms with Crippen molar-refractivity contribution in [2.45, 2.75) is 33.2 Å². The van der Waals surface area contributed by atoms with Gasteiger partial charge in [-0.25, -0.2) is 8.42 Å². The van der Waals surface area contributed by atoms with Gasteiger partial charge in [0, 0.05) is 41.6 Å². The summed E-state index contributed by atoms with van der Waals surface area (Å²) in [6, 6.07) is 4.49. The lowest BCUT2D eigenvalue weighted by molar-refractivity contribution is 0.595. The minimum atomic E-state index is -2.94. The Morgan fingerprint density at radius 1 is 1.43 bits per heavy atom. The van der Waals surface area contributed by atoms with Gasteiger partial charge in [-0.1, -0.05) is 6.92 Å². The van der Waals surface area contributed by atoms with E-state index in [0.717, 1.165) is 6.42 Å². The van der Waals surface area contributed by atoms with Crippen molar-refractivity contribution in [1.29, 1.82) is 0 Å². The van der Waals surface area contributed by atoms with E-state index in [-0.39, 0.29) is 17.5 Å². The molecule has 0 aliphatic heterocycles. The van der Waals surface area contributed by atoms with E-state index in [9.17, 15) is 8.42 Å². The normalized spacial score (nSPS) is 14.0. The average Bonchev–Trinajstić information content (AvgIpc) is 2.82. The van der Waals surface area contributed by atoms with Crippen LogP contribution in [0.2, 0.25) is 0 Å². The monoisotopic (exact) mass is 331 g/mol. The molecular formula is C14H25N3O2S2. The van der Waals surface area contributed by atoms with Crippen molar-refractivity contribution in [3.63, 3.8) is 0 Å². The van der Waals surface area contributed by atoms with E-state index < -0.39 is 9.84 Å². The number of nitrogens with zero attached hydrogens (tertiary/aromatic N) is 1. The van der Waals surface area contributed by atoms with Gasteiger partial charge in [-0.05, 0) is 26.0 Å². The molecular weight excluding hydrogens is 306 g/mol. The van der Waals surface area contributed by atoms with Crippen molar-refractivity contribution >= 4 is 27.1 Å². The SMILES string of the molecule is CCS(=O)(=O)CCNC(=NC)NC(C)Cc1ccc(C)s1. The topological polar surface area (TPSA) is 70.6 Å². The molecule has 1 unspecified atom stereocenters. The third-order valence-corrected chi connectivity index (χ3v) is 5.78. The highest BCUT2D eigenvalue weighted by atomic mass is 32.2. The Morgan fingerprint density at radius 2 is 2.14 bits per heavy atom. The molecule has 1 aromatic heterocycles. The van der Waals surface area contributed by atoms with Crippen LogP contribution in [0.15, 0.2) is 17.1 Å². The molecule has 0 fully saturated rings. The second kappa shape index (κ2) is 8.38. The fourth-order valence-electron chi connectivity index (χ4n) is 1.84. The molecule has 0 saturated heterocycles. The highest BCUT2D eigenvalue weighted by Gasteiger charge is 2.10. The Kier molecular flexibility index (Phi) is 7.17. The van der Waals surface area contributed by atoms with Crippen molar-refractivity contribution in [2.75, 3.05) is 25.1 Å². The second-order valence-corrected chi connectivity index (χ2v) is 8.84. The van der Waals surface area contributed by atoms with Crippen LogP contribution in [0.1, 0.15) is 23.6 Å². The molecule has 21 heavy (non-hydrogen) atoms. The third kappa shape index (κ3) is 6.95. The van der Waals surface area contributed by atoms with Gasteiger partial charge >= 0.3 is 0 Å². The predicted octanol–water partition coefficient (Wildman–Crippen LogP) is 1.59. The van der Waals surface area contributed by atoms with E-state index in [0.29, 0.717) is 12.5 Å². The summed E-state index contributed by atoms with van der Waals surface area (Å²) in [5, 5.41) is 6.32. The van der Waals surface area contributed by atoms with Gasteiger partial charge in [0.25, 0.3) is 0 Å². The quantitative estimate of drug-likeness (QED) is 0.588. The predicted molar refractivity (Wildman–Crippen MR) is 91.0 cm³/mol. The summed E-state index contributed by atoms with van der Waals surface area (Å²) in [6.07, 6.45) is 0.923. The smallest absolute Gasteiger partial charge is 0.191 e. The van der Waals surface area contributed by atoms with Crippen LogP contribution in [0.25, 0.3) is 0 Å². The van der Waals surface area contributed by atoms with Crippen LogP contribution in [0.3, 0.4) is 0 Å². The van der Waals surface area contributed by atoms with E-state index in [1.54, 1.807) is 25.3 Å². The summed E-state index contributed by atoms with van der Waals surface area (Å²) in [7, 11) is -1.26. The maximum absolute atomic E-state index is 11.4. The van der Waals surface area contributed by atoms with E-state index in [1.165, 1.54) is 9.75 Å². The minimum Gasteiger partial charge on any atom is -0.355 e. The number of sulfone groups is 1. The molecule has 0 amide bonds. The van der Waals surface area contributed by atoms with E-state index in [1.807, 2.05) is 0 Å². The Morgan fingerprint density at radius 3 is 2.67 bits per heavy atom. The first kappa shape index (κ1) is 18.0. The number of hydrogen-bond acceptors (Lipinski definition) is 4. The van der Waals surface area contributed by atoms with Gasteiger partial charge in [-0.2, -0.15) is 0 Å². The Balaban J connectivity index is 2.40. The standard InChI is InChI=1S/C14H25N3O2S2/c1-5-21(18,19)9-8-16-14(15-4)17-11(2)10-13-7-6-12(3)20-13/h6-7,11H,5,8-10H2,1-4H3,(H2,15,16,17). The first-order chi connectivity index (χ1) is 9.86. The zero-order chi connectivity index (χ0) is 15.9. The molecule has 1 atom stereocenters. The van der Waals surface area contributed by atoms with Crippen molar-refractivity contribution in [3.8, 4) is 0 Å². The van der Waals surface area contributed by atoms with Crippen molar-refractivity contribution in [1.82, 2.24) is 10.6 Å². The van der Waals surface area contributed by atoms with Crippen molar-refractivity contribution < 1.29 is 8.42 Å². The fourth-order valence-corrected chi connectivity index (χ4v) is 3.57. The molecule has 1 aromatic rings. The Labute approximate surface area is 131 Å². The number of guanidine groups is 1. The number of hydrogen-bond donors (Lipinski definition) is 2. The van der Waals surface area contributed by atoms with Crippen LogP contribution in [-0.4, -0.2) is 45.5 Å². The second-order valence-electron chi connectivity index (χ2n) is 5.00. The lowest BCUT2D eigenvalue weighted by Gasteiger charge is -2.17. The molecule has 120 valence electrons. The lowest BCUT2D eigenvalue weighted by atomic mass is 10.2. The minimum absolute atomic E-state index is 0.128. The zero-order valence-corrected chi connectivity index (χ0v) is 14.8. The molecule has 7 heteroatoms. The molecule has 0 aliphatic rings. The molecule has 0 aliphatic carbocycles. The molecule has 5 nitrogen and oxygen atoms in total. The molecule has 0 radical (unpaired) electrons. The maximum atomic E-state index is 11.4. The third-order valence-electron chi connectivity index (χ3n) is 3.06. The summed E-state index contributed by atoms with van der Waals surface area (Å²) >= 11 is 1.80. The largest absolute Gasteiger partial charge is 0.355 e. The van der Waals surface area contributed by atoms with Crippen LogP contribution in [0.4, 0.5) is 0 Å². The van der Waals surface area contributed by atoms with Crippen molar-refractivity contribution in [3.05, 3.63) is 21.9 Å². The van der Waals surface area contributed by atoms with Gasteiger partial charge in [0.15, 0.2) is 15.8 Å². The van der Waals surface area contributed by atoms with Crippen LogP contribution >= 0.6 is 11.3 Å². The summed E-state index contributed by atoms with van der Waals surface area (Å²) in [6.45, 7) is 6.22. The number of aryl methyl sites for hydroxylation is 1. The average molecular weight is 332 g/mol. The summed E-state index contributed by atoms with van der Waals surface area (Å²) in [5.74, 6) is 0.944. The number of aliphatic imine (C=N–C) groups is 1. The molecule has 0 aromatic carbocycles. The molecule has 1 heterocycles. The molecule has 1 rings (SSSR count). The fraction of sp³-hybridized carbons (Fsp3) is 0.643. The summed E-state index contributed by atoms with van der Waals surface area (Å²) < 4.78 is 22.9. The van der Waals surface area contributed by atoms with E-state index >= 15 is 0 Å². The van der Waals surface area contributed by atoms with E-state index in [4.69, 9.17) is 0 Å². The van der Waals surface area contributed by atoms with Gasteiger partial charge < -0.3 is 10.6 Å². The zero-order valence-electron chi connectivity index (χ0n) is 13.1. The van der Waals surface area contributed by atoms with Crippen molar-refractivity contribution in [2.24, 2.45) is 4.99 Å². The highest BCUT2D eigenvalue weighted by molar-refractivity contribution is 7.91. The number of nitrogens with one attached hydrogen (secondary N) is 2. The first-order valence-electron chi connectivity index (χ1n) is 7.09. The van der Waals surface area contributed by atoms with E-state index in [2.05, 4.69) is 41.6 Å². The molecule has 2 N–H and O–H groups in total. The number of rotatable bonds is 7. The summed E-state index contributed by atoms with van der Waals surface area (Å²) in [4.78, 5) is 6.76. The van der Waals surface area contributed by atoms with Gasteiger partial charge in [0.1, 0.15) is 0 Å². The van der Waals surface area contributed by atoms with Gasteiger partial charge in [-0.3, -0.25) is 4.99 Å². The maximum Gasteiger partial charge on any atom is 0.191 e. The first-order valence-corrected chi connectivity index (χ1v) is 9.73. The van der Waals surface area contributed by atoms with Crippen LogP contribution in [-0.2, 0) is 16.3 Å². The van der Waals surface area contributed by atoms with Gasteiger partial charge in [-0.15, -0.1) is 11.3 Å².